The molecule has 0 spiro atoms. The summed E-state index contributed by atoms with van der Waals surface area (Å²) in [5.74, 6) is 1.05. The fourth-order valence-corrected chi connectivity index (χ4v) is 4.10. The first kappa shape index (κ1) is 16.9. The highest BCUT2D eigenvalue weighted by atomic mass is 32.1. The fraction of sp³-hybridized carbons (Fsp3) is 0.368. The van der Waals surface area contributed by atoms with E-state index in [1.807, 2.05) is 31.0 Å². The Hall–Kier alpha value is -2.54. The Morgan fingerprint density at radius 1 is 1.35 bits per heavy atom. The fourth-order valence-electron chi connectivity index (χ4n) is 3.41. The van der Waals surface area contributed by atoms with Gasteiger partial charge in [0.15, 0.2) is 0 Å². The number of likely N-dealkylation sites (tertiary alicyclic amines) is 1. The molecule has 0 aromatic carbocycles. The number of carbonyl (C=O) groups excluding carboxylic acids is 1. The van der Waals surface area contributed by atoms with Crippen LogP contribution in [0.4, 0.5) is 0 Å². The number of hydrogen-bond donors (Lipinski definition) is 0. The van der Waals surface area contributed by atoms with Gasteiger partial charge in [-0.05, 0) is 37.3 Å². The van der Waals surface area contributed by atoms with Crippen molar-refractivity contribution in [2.75, 3.05) is 13.1 Å². The third kappa shape index (κ3) is 3.39. The minimum atomic E-state index is 0.0360. The van der Waals surface area contributed by atoms with E-state index in [1.54, 1.807) is 28.4 Å². The molecule has 0 N–H and O–H groups in total. The van der Waals surface area contributed by atoms with E-state index in [1.165, 1.54) is 0 Å². The lowest BCUT2D eigenvalue weighted by Crippen LogP contribution is -2.39. The first-order valence-electron chi connectivity index (χ1n) is 8.77. The van der Waals surface area contributed by atoms with Gasteiger partial charge in [0.05, 0.1) is 22.3 Å². The maximum absolute atomic E-state index is 12.7. The summed E-state index contributed by atoms with van der Waals surface area (Å²) in [7, 11) is 1.82. The quantitative estimate of drug-likeness (QED) is 0.713. The van der Waals surface area contributed by atoms with Gasteiger partial charge in [-0.25, -0.2) is 9.97 Å². The predicted molar refractivity (Wildman–Crippen MR) is 101 cm³/mol. The zero-order valence-electron chi connectivity index (χ0n) is 14.9. The van der Waals surface area contributed by atoms with Crippen LogP contribution < -0.4 is 0 Å². The highest BCUT2D eigenvalue weighted by molar-refractivity contribution is 7.13. The molecule has 3 aromatic heterocycles. The number of amides is 1. The minimum absolute atomic E-state index is 0.0360. The van der Waals surface area contributed by atoms with Crippen LogP contribution >= 0.6 is 11.3 Å². The first-order chi connectivity index (χ1) is 12.6. The van der Waals surface area contributed by atoms with Crippen LogP contribution in [0.3, 0.4) is 0 Å². The van der Waals surface area contributed by atoms with E-state index in [4.69, 9.17) is 4.98 Å². The number of nitrogens with zero attached hydrogens (tertiary/aromatic N) is 5. The molecule has 0 bridgehead atoms. The number of thiophene rings is 1. The minimum Gasteiger partial charge on any atom is -0.338 e. The first-order valence-corrected chi connectivity index (χ1v) is 9.65. The summed E-state index contributed by atoms with van der Waals surface area (Å²) in [6.07, 6.45) is 5.36. The van der Waals surface area contributed by atoms with Crippen LogP contribution in [0.25, 0.3) is 10.6 Å². The average molecular weight is 367 g/mol. The molecule has 1 saturated heterocycles. The third-order valence-corrected chi connectivity index (χ3v) is 5.56. The Labute approximate surface area is 156 Å². The van der Waals surface area contributed by atoms with E-state index in [0.29, 0.717) is 12.1 Å². The van der Waals surface area contributed by atoms with Crippen molar-refractivity contribution in [3.63, 3.8) is 0 Å². The molecule has 26 heavy (non-hydrogen) atoms. The van der Waals surface area contributed by atoms with Gasteiger partial charge < -0.3 is 4.90 Å². The Morgan fingerprint density at radius 2 is 2.23 bits per heavy atom. The van der Waals surface area contributed by atoms with Crippen molar-refractivity contribution in [3.8, 4) is 10.6 Å². The molecule has 3 aromatic rings. The molecule has 7 heteroatoms. The van der Waals surface area contributed by atoms with Gasteiger partial charge in [0, 0.05) is 37.9 Å². The summed E-state index contributed by atoms with van der Waals surface area (Å²) in [6.45, 7) is 3.43. The number of hydrogen-bond acceptors (Lipinski definition) is 5. The summed E-state index contributed by atoms with van der Waals surface area (Å²) in [5.41, 5.74) is 2.57. The monoisotopic (exact) mass is 367 g/mol. The largest absolute Gasteiger partial charge is 0.338 e. The molecule has 1 aliphatic rings. The van der Waals surface area contributed by atoms with Gasteiger partial charge >= 0.3 is 0 Å². The molecule has 0 radical (unpaired) electrons. The standard InChI is InChI=1S/C19H21N5OS/c1-13-9-16(17-6-4-8-26-17)22-18(21-13)14-5-3-7-24(12-14)19(25)15-10-20-23(2)11-15/h4,6,8-11,14H,3,5,7,12H2,1-2H3/t14-/m0/s1. The lowest BCUT2D eigenvalue weighted by molar-refractivity contribution is 0.0704. The Morgan fingerprint density at radius 3 is 2.96 bits per heavy atom. The predicted octanol–water partition coefficient (Wildman–Crippen LogP) is 3.27. The van der Waals surface area contributed by atoms with Crippen LogP contribution in [0.5, 0.6) is 0 Å². The average Bonchev–Trinajstić information content (AvgIpc) is 3.32. The van der Waals surface area contributed by atoms with Crippen molar-refractivity contribution in [3.05, 3.63) is 53.1 Å². The van der Waals surface area contributed by atoms with E-state index >= 15 is 0 Å². The molecule has 0 unspecified atom stereocenters. The summed E-state index contributed by atoms with van der Waals surface area (Å²) in [6, 6.07) is 6.14. The number of aryl methyl sites for hydroxylation is 2. The van der Waals surface area contributed by atoms with Gasteiger partial charge in [-0.1, -0.05) is 6.07 Å². The highest BCUT2D eigenvalue weighted by Crippen LogP contribution is 2.29. The molecule has 1 fully saturated rings. The molecule has 1 aliphatic heterocycles. The van der Waals surface area contributed by atoms with Gasteiger partial charge in [-0.3, -0.25) is 9.48 Å². The van der Waals surface area contributed by atoms with Crippen LogP contribution in [0.2, 0.25) is 0 Å². The van der Waals surface area contributed by atoms with Crippen molar-refractivity contribution in [1.82, 2.24) is 24.6 Å². The zero-order chi connectivity index (χ0) is 18.1. The molecular formula is C19H21N5OS. The number of carbonyl (C=O) groups is 1. The molecular weight excluding hydrogens is 346 g/mol. The van der Waals surface area contributed by atoms with Gasteiger partial charge in [-0.15, -0.1) is 11.3 Å². The van der Waals surface area contributed by atoms with Crippen LogP contribution in [0, 0.1) is 6.92 Å². The second kappa shape index (κ2) is 6.99. The van der Waals surface area contributed by atoms with Gasteiger partial charge in [0.1, 0.15) is 5.82 Å². The van der Waals surface area contributed by atoms with E-state index in [2.05, 4.69) is 21.5 Å². The van der Waals surface area contributed by atoms with Crippen LogP contribution in [-0.2, 0) is 7.05 Å². The van der Waals surface area contributed by atoms with Crippen molar-refractivity contribution < 1.29 is 4.79 Å². The van der Waals surface area contributed by atoms with E-state index in [9.17, 15) is 4.79 Å². The number of piperidine rings is 1. The highest BCUT2D eigenvalue weighted by Gasteiger charge is 2.28. The van der Waals surface area contributed by atoms with Gasteiger partial charge in [0.2, 0.25) is 0 Å². The van der Waals surface area contributed by atoms with E-state index in [0.717, 1.165) is 41.5 Å². The topological polar surface area (TPSA) is 63.9 Å². The van der Waals surface area contributed by atoms with Crippen molar-refractivity contribution in [2.45, 2.75) is 25.7 Å². The SMILES string of the molecule is Cc1cc(-c2cccs2)nc([C@H]2CCCN(C(=O)c3cnn(C)c3)C2)n1. The molecule has 134 valence electrons. The van der Waals surface area contributed by atoms with Gasteiger partial charge in [0.25, 0.3) is 5.91 Å². The van der Waals surface area contributed by atoms with E-state index in [-0.39, 0.29) is 11.8 Å². The van der Waals surface area contributed by atoms with Crippen LogP contribution in [-0.4, -0.2) is 43.6 Å². The lowest BCUT2D eigenvalue weighted by atomic mass is 9.96. The Balaban J connectivity index is 1.57. The summed E-state index contributed by atoms with van der Waals surface area (Å²) >= 11 is 1.68. The second-order valence-electron chi connectivity index (χ2n) is 6.72. The number of rotatable bonds is 3. The Kier molecular flexibility index (Phi) is 4.55. The molecule has 0 aliphatic carbocycles. The summed E-state index contributed by atoms with van der Waals surface area (Å²) in [4.78, 5) is 25.3. The molecule has 1 atom stereocenters. The normalized spacial score (nSPS) is 17.5. The maximum atomic E-state index is 12.7. The van der Waals surface area contributed by atoms with Crippen molar-refractivity contribution >= 4 is 17.2 Å². The zero-order valence-corrected chi connectivity index (χ0v) is 15.7. The molecule has 4 rings (SSSR count). The lowest BCUT2D eigenvalue weighted by Gasteiger charge is -2.32. The second-order valence-corrected chi connectivity index (χ2v) is 7.67. The Bertz CT molecular complexity index is 918. The van der Waals surface area contributed by atoms with Crippen molar-refractivity contribution in [2.24, 2.45) is 7.05 Å². The maximum Gasteiger partial charge on any atom is 0.257 e. The molecule has 1 amide bonds. The molecule has 6 nitrogen and oxygen atoms in total. The summed E-state index contributed by atoms with van der Waals surface area (Å²) < 4.78 is 1.66. The molecule has 4 heterocycles. The van der Waals surface area contributed by atoms with Crippen LogP contribution in [0.15, 0.2) is 36.0 Å². The summed E-state index contributed by atoms with van der Waals surface area (Å²) in [5, 5.41) is 6.16. The van der Waals surface area contributed by atoms with Crippen molar-refractivity contribution in [1.29, 1.82) is 0 Å². The van der Waals surface area contributed by atoms with Crippen LogP contribution in [0.1, 0.15) is 40.6 Å². The smallest absolute Gasteiger partial charge is 0.257 e. The van der Waals surface area contributed by atoms with E-state index < -0.39 is 0 Å². The van der Waals surface area contributed by atoms with Gasteiger partial charge in [-0.2, -0.15) is 5.10 Å². The number of aromatic nitrogens is 4. The third-order valence-electron chi connectivity index (χ3n) is 4.67. The molecule has 0 saturated carbocycles.